The summed E-state index contributed by atoms with van der Waals surface area (Å²) in [5.74, 6) is -0.302. The minimum Gasteiger partial charge on any atom is -0.497 e. The van der Waals surface area contributed by atoms with Crippen LogP contribution in [0.1, 0.15) is 24.0 Å². The van der Waals surface area contributed by atoms with Gasteiger partial charge in [0, 0.05) is 6.61 Å². The number of ether oxygens (including phenoxy) is 3. The number of carbonyl (C=O) groups is 3. The zero-order valence-corrected chi connectivity index (χ0v) is 20.7. The Morgan fingerprint density at radius 2 is 1.89 bits per heavy atom. The van der Waals surface area contributed by atoms with Crippen molar-refractivity contribution in [3.05, 3.63) is 76.7 Å². The predicted molar refractivity (Wildman–Crippen MR) is 134 cm³/mol. The molecule has 2 saturated heterocycles. The molecule has 3 aliphatic rings. The minimum atomic E-state index is -0.868. The van der Waals surface area contributed by atoms with Crippen LogP contribution in [0.5, 0.6) is 5.75 Å². The maximum Gasteiger partial charge on any atom is 0.333 e. The Balaban J connectivity index is 1.28. The number of thioether (sulfide) groups is 1. The van der Waals surface area contributed by atoms with E-state index in [0.717, 1.165) is 29.5 Å². The van der Waals surface area contributed by atoms with Crippen LogP contribution in [0.2, 0.25) is 0 Å². The van der Waals surface area contributed by atoms with Crippen LogP contribution in [-0.4, -0.2) is 60.0 Å². The number of carbonyl (C=O) groups excluding carboxylic acids is 3. The van der Waals surface area contributed by atoms with Crippen molar-refractivity contribution >= 4 is 29.5 Å². The molecule has 0 spiro atoms. The molecule has 0 unspecified atom stereocenters. The summed E-state index contributed by atoms with van der Waals surface area (Å²) in [5.41, 5.74) is 2.43. The Kier molecular flexibility index (Phi) is 7.29. The number of rotatable bonds is 8. The number of methoxy groups -OCH3 is 1. The minimum absolute atomic E-state index is 0.0786. The fourth-order valence-corrected chi connectivity index (χ4v) is 5.99. The summed E-state index contributed by atoms with van der Waals surface area (Å²) in [5, 5.41) is 4.39. The van der Waals surface area contributed by atoms with Crippen molar-refractivity contribution in [3.8, 4) is 5.75 Å². The number of amides is 2. The SMILES string of the molecule is COc1ccc(COC(=O)[C@H]2C([C@@H]3CCCO3)=CS[C@@H]3[C@H](NC(=O)Cc4ccccc4)C(=O)N23)cc1. The van der Waals surface area contributed by atoms with Gasteiger partial charge in [0.2, 0.25) is 11.8 Å². The van der Waals surface area contributed by atoms with E-state index in [0.29, 0.717) is 12.4 Å². The van der Waals surface area contributed by atoms with Gasteiger partial charge in [0.05, 0.1) is 19.6 Å². The predicted octanol–water partition coefficient (Wildman–Crippen LogP) is 2.81. The van der Waals surface area contributed by atoms with Crippen LogP contribution in [0.4, 0.5) is 0 Å². The summed E-state index contributed by atoms with van der Waals surface area (Å²) < 4.78 is 16.7. The maximum atomic E-state index is 13.3. The van der Waals surface area contributed by atoms with E-state index in [1.807, 2.05) is 47.9 Å². The van der Waals surface area contributed by atoms with Gasteiger partial charge in [-0.15, -0.1) is 11.8 Å². The monoisotopic (exact) mass is 508 g/mol. The summed E-state index contributed by atoms with van der Waals surface area (Å²) in [6.07, 6.45) is 1.65. The molecule has 2 aromatic rings. The lowest BCUT2D eigenvalue weighted by atomic mass is 9.93. The van der Waals surface area contributed by atoms with Gasteiger partial charge in [0.15, 0.2) is 6.04 Å². The number of esters is 1. The highest BCUT2D eigenvalue weighted by Crippen LogP contribution is 2.43. The standard InChI is InChI=1S/C27H28N2O6S/c1-33-19-11-9-18(10-12-19)15-35-27(32)24-20(21-8-5-13-34-21)16-36-26-23(25(31)29(24)26)28-22(30)14-17-6-3-2-4-7-17/h2-4,6-7,9-12,16,21,23-24,26H,5,8,13-15H2,1H3,(H,28,30)/t21-,23+,24+,26+/m0/s1. The first-order valence-electron chi connectivity index (χ1n) is 12.0. The van der Waals surface area contributed by atoms with Gasteiger partial charge in [-0.2, -0.15) is 0 Å². The normalized spacial score (nSPS) is 24.9. The van der Waals surface area contributed by atoms with Crippen molar-refractivity contribution < 1.29 is 28.6 Å². The maximum absolute atomic E-state index is 13.3. The van der Waals surface area contributed by atoms with Crippen LogP contribution in [0.3, 0.4) is 0 Å². The molecule has 8 nitrogen and oxygen atoms in total. The second kappa shape index (κ2) is 10.8. The largest absolute Gasteiger partial charge is 0.497 e. The van der Waals surface area contributed by atoms with Gasteiger partial charge < -0.3 is 24.4 Å². The third-order valence-corrected chi connectivity index (χ3v) is 7.79. The zero-order chi connectivity index (χ0) is 25.1. The Labute approximate surface area is 214 Å². The van der Waals surface area contributed by atoms with Crippen LogP contribution < -0.4 is 10.1 Å². The Hall–Kier alpha value is -3.30. The molecular formula is C27H28N2O6S. The topological polar surface area (TPSA) is 94.2 Å². The second-order valence-electron chi connectivity index (χ2n) is 8.96. The molecule has 5 rings (SSSR count). The molecule has 2 aromatic carbocycles. The number of hydrogen-bond acceptors (Lipinski definition) is 7. The summed E-state index contributed by atoms with van der Waals surface area (Å²) in [4.78, 5) is 40.7. The lowest BCUT2D eigenvalue weighted by molar-refractivity contribution is -0.164. The van der Waals surface area contributed by atoms with Gasteiger partial charge >= 0.3 is 5.97 Å². The van der Waals surface area contributed by atoms with Gasteiger partial charge in [0.25, 0.3) is 0 Å². The second-order valence-corrected chi connectivity index (χ2v) is 9.95. The number of nitrogens with one attached hydrogen (secondary N) is 1. The van der Waals surface area contributed by atoms with E-state index in [1.165, 1.54) is 16.7 Å². The molecule has 1 N–H and O–H groups in total. The average Bonchev–Trinajstić information content (AvgIpc) is 3.45. The summed E-state index contributed by atoms with van der Waals surface area (Å²) >= 11 is 1.43. The summed E-state index contributed by atoms with van der Waals surface area (Å²) in [6, 6.07) is 15.1. The van der Waals surface area contributed by atoms with Crippen molar-refractivity contribution in [1.29, 1.82) is 0 Å². The molecule has 0 radical (unpaired) electrons. The molecule has 36 heavy (non-hydrogen) atoms. The molecule has 2 fully saturated rings. The highest BCUT2D eigenvalue weighted by Gasteiger charge is 2.57. The highest BCUT2D eigenvalue weighted by atomic mass is 32.2. The van der Waals surface area contributed by atoms with Gasteiger partial charge in [0.1, 0.15) is 23.8 Å². The summed E-state index contributed by atoms with van der Waals surface area (Å²) in [6.45, 7) is 0.699. The van der Waals surface area contributed by atoms with E-state index < -0.39 is 18.1 Å². The smallest absolute Gasteiger partial charge is 0.333 e. The molecule has 3 heterocycles. The first-order valence-corrected chi connectivity index (χ1v) is 12.9. The van der Waals surface area contributed by atoms with E-state index in [2.05, 4.69) is 5.32 Å². The first kappa shape index (κ1) is 24.4. The van der Waals surface area contributed by atoms with Crippen LogP contribution in [0.15, 0.2) is 65.6 Å². The van der Waals surface area contributed by atoms with Gasteiger partial charge in [-0.25, -0.2) is 4.79 Å². The molecule has 4 atom stereocenters. The average molecular weight is 509 g/mol. The number of β-lactam (4-membered cyclic amide) rings is 1. The molecule has 0 aromatic heterocycles. The van der Waals surface area contributed by atoms with Gasteiger partial charge in [-0.3, -0.25) is 9.59 Å². The fourth-order valence-electron chi connectivity index (χ4n) is 4.71. The van der Waals surface area contributed by atoms with Crippen molar-refractivity contribution in [3.63, 3.8) is 0 Å². The molecule has 3 aliphatic heterocycles. The van der Waals surface area contributed by atoms with Crippen LogP contribution in [0, 0.1) is 0 Å². The highest BCUT2D eigenvalue weighted by molar-refractivity contribution is 8.03. The molecular weight excluding hydrogens is 480 g/mol. The van der Waals surface area contributed by atoms with E-state index in [4.69, 9.17) is 14.2 Å². The Morgan fingerprint density at radius 3 is 2.58 bits per heavy atom. The molecule has 0 saturated carbocycles. The van der Waals surface area contributed by atoms with Gasteiger partial charge in [-0.05, 0) is 47.1 Å². The fraction of sp³-hybridized carbons (Fsp3) is 0.370. The molecule has 2 amide bonds. The number of fused-ring (bicyclic) bond motifs is 1. The van der Waals surface area contributed by atoms with E-state index in [-0.39, 0.29) is 36.3 Å². The number of nitrogens with zero attached hydrogens (tertiary/aromatic N) is 1. The lowest BCUT2D eigenvalue weighted by Crippen LogP contribution is -2.74. The molecule has 0 aliphatic carbocycles. The molecule has 0 bridgehead atoms. The lowest BCUT2D eigenvalue weighted by Gasteiger charge is -2.52. The van der Waals surface area contributed by atoms with Crippen molar-refractivity contribution in [2.45, 2.75) is 49.4 Å². The number of hydrogen-bond donors (Lipinski definition) is 1. The van der Waals surface area contributed by atoms with E-state index in [9.17, 15) is 14.4 Å². The quantitative estimate of drug-likeness (QED) is 0.433. The zero-order valence-electron chi connectivity index (χ0n) is 19.9. The van der Waals surface area contributed by atoms with Gasteiger partial charge in [-0.1, -0.05) is 42.5 Å². The van der Waals surface area contributed by atoms with Crippen molar-refractivity contribution in [2.24, 2.45) is 0 Å². The Bertz CT molecular complexity index is 1150. The Morgan fingerprint density at radius 1 is 1.11 bits per heavy atom. The first-order chi connectivity index (χ1) is 17.5. The molecule has 188 valence electrons. The van der Waals surface area contributed by atoms with Crippen LogP contribution in [0.25, 0.3) is 0 Å². The van der Waals surface area contributed by atoms with Crippen LogP contribution >= 0.6 is 11.8 Å². The van der Waals surface area contributed by atoms with Crippen molar-refractivity contribution in [2.75, 3.05) is 13.7 Å². The van der Waals surface area contributed by atoms with Crippen LogP contribution in [-0.2, 0) is 36.9 Å². The third-order valence-electron chi connectivity index (χ3n) is 6.61. The third kappa shape index (κ3) is 4.99. The van der Waals surface area contributed by atoms with E-state index in [1.54, 1.807) is 19.2 Å². The van der Waals surface area contributed by atoms with E-state index >= 15 is 0 Å². The van der Waals surface area contributed by atoms with Crippen molar-refractivity contribution in [1.82, 2.24) is 10.2 Å². The number of benzene rings is 2. The summed E-state index contributed by atoms with van der Waals surface area (Å²) in [7, 11) is 1.59. The molecule has 9 heteroatoms.